The molecule has 4 heterocycles. The minimum atomic E-state index is 0.616. The zero-order valence-corrected chi connectivity index (χ0v) is 30.6. The van der Waals surface area contributed by atoms with Crippen molar-refractivity contribution in [2.45, 2.75) is 0 Å². The fourth-order valence-electron chi connectivity index (χ4n) is 7.52. The highest BCUT2D eigenvalue weighted by molar-refractivity contribution is 7.26. The quantitative estimate of drug-likeness (QED) is 0.169. The predicted octanol–water partition coefficient (Wildman–Crippen LogP) is 12.9. The van der Waals surface area contributed by atoms with E-state index in [4.69, 9.17) is 29.3 Å². The number of benzene rings is 7. The molecule has 0 N–H and O–H groups in total. The lowest BCUT2D eigenvalue weighted by atomic mass is 10.0. The minimum Gasteiger partial charge on any atom is -0.452 e. The Morgan fingerprint density at radius 3 is 1.71 bits per heavy atom. The van der Waals surface area contributed by atoms with Gasteiger partial charge in [0.1, 0.15) is 16.8 Å². The van der Waals surface area contributed by atoms with E-state index in [0.29, 0.717) is 28.9 Å². The van der Waals surface area contributed by atoms with Crippen LogP contribution in [0.15, 0.2) is 180 Å². The van der Waals surface area contributed by atoms with Gasteiger partial charge in [0.2, 0.25) is 0 Å². The van der Waals surface area contributed by atoms with Crippen molar-refractivity contribution in [1.29, 1.82) is 0 Å². The molecule has 262 valence electrons. The summed E-state index contributed by atoms with van der Waals surface area (Å²) in [5.41, 5.74) is 9.95. The fourth-order valence-corrected chi connectivity index (χ4v) is 8.76. The van der Waals surface area contributed by atoms with E-state index in [1.54, 1.807) is 11.3 Å². The van der Waals surface area contributed by atoms with Crippen LogP contribution in [0.3, 0.4) is 0 Å². The van der Waals surface area contributed by atoms with Crippen LogP contribution >= 0.6 is 11.3 Å². The largest absolute Gasteiger partial charge is 0.452 e. The molecule has 4 aromatic heterocycles. The number of furan rings is 1. The maximum atomic E-state index is 6.56. The average molecular weight is 736 g/mol. The first-order valence-corrected chi connectivity index (χ1v) is 19.2. The molecule has 0 aliphatic rings. The van der Waals surface area contributed by atoms with Crippen molar-refractivity contribution in [3.63, 3.8) is 0 Å². The zero-order chi connectivity index (χ0) is 37.0. The van der Waals surface area contributed by atoms with Crippen molar-refractivity contribution in [3.05, 3.63) is 176 Å². The van der Waals surface area contributed by atoms with Crippen LogP contribution < -0.4 is 0 Å². The Morgan fingerprint density at radius 1 is 0.393 bits per heavy atom. The van der Waals surface area contributed by atoms with Crippen LogP contribution in [0, 0.1) is 0 Å². The molecule has 0 saturated carbocycles. The van der Waals surface area contributed by atoms with Gasteiger partial charge in [0.25, 0.3) is 0 Å². The standard InChI is InChI=1S/C49H29N5OS/c1-4-15-30(16-5-1)33-21-12-22-34(29-33)48-52-47(32-19-8-3-9-20-32)53-49(54-48)38-26-13-25-37-41-36(24-14-28-40(41)56-45(37)38)43-44-42(35-23-10-11-27-39(35)55-44)50-46(51-43)31-17-6-2-7-18-31/h1-29H. The van der Waals surface area contributed by atoms with Crippen LogP contribution in [0.25, 0.3) is 110 Å². The summed E-state index contributed by atoms with van der Waals surface area (Å²) in [5.74, 6) is 2.51. The van der Waals surface area contributed by atoms with Crippen molar-refractivity contribution >= 4 is 53.6 Å². The van der Waals surface area contributed by atoms with Gasteiger partial charge >= 0.3 is 0 Å². The molecule has 11 rings (SSSR count). The van der Waals surface area contributed by atoms with Crippen LogP contribution in [0.4, 0.5) is 0 Å². The van der Waals surface area contributed by atoms with E-state index in [9.17, 15) is 0 Å². The molecule has 0 spiro atoms. The Kier molecular flexibility index (Phi) is 7.57. The van der Waals surface area contributed by atoms with Gasteiger partial charge in [-0.1, -0.05) is 146 Å². The third kappa shape index (κ3) is 5.44. The fraction of sp³-hybridized carbons (Fsp3) is 0. The third-order valence-corrected chi connectivity index (χ3v) is 11.4. The van der Waals surface area contributed by atoms with Gasteiger partial charge in [0.15, 0.2) is 28.9 Å². The third-order valence-electron chi connectivity index (χ3n) is 10.2. The van der Waals surface area contributed by atoms with Gasteiger partial charge in [-0.05, 0) is 41.5 Å². The minimum absolute atomic E-state index is 0.616. The van der Waals surface area contributed by atoms with Crippen molar-refractivity contribution in [1.82, 2.24) is 24.9 Å². The van der Waals surface area contributed by atoms with E-state index < -0.39 is 0 Å². The number of para-hydroxylation sites is 1. The molecule has 7 heteroatoms. The Bertz CT molecular complexity index is 3250. The maximum absolute atomic E-state index is 6.56. The molecule has 0 bridgehead atoms. The van der Waals surface area contributed by atoms with E-state index in [1.165, 1.54) is 0 Å². The molecule has 0 aliphatic heterocycles. The highest BCUT2D eigenvalue weighted by Crippen LogP contribution is 2.45. The molecule has 0 atom stereocenters. The first kappa shape index (κ1) is 32.1. The van der Waals surface area contributed by atoms with Gasteiger partial charge in [0, 0.05) is 53.4 Å². The summed E-state index contributed by atoms with van der Waals surface area (Å²) < 4.78 is 8.77. The van der Waals surface area contributed by atoms with Crippen molar-refractivity contribution < 1.29 is 4.42 Å². The number of thiophene rings is 1. The van der Waals surface area contributed by atoms with Crippen LogP contribution in [-0.4, -0.2) is 24.9 Å². The first-order chi connectivity index (χ1) is 27.7. The van der Waals surface area contributed by atoms with Gasteiger partial charge in [-0.25, -0.2) is 24.9 Å². The lowest BCUT2D eigenvalue weighted by Crippen LogP contribution is -2.00. The van der Waals surface area contributed by atoms with Gasteiger partial charge in [-0.2, -0.15) is 0 Å². The lowest BCUT2D eigenvalue weighted by molar-refractivity contribution is 0.667. The first-order valence-electron chi connectivity index (χ1n) is 18.4. The van der Waals surface area contributed by atoms with Crippen LogP contribution in [-0.2, 0) is 0 Å². The van der Waals surface area contributed by atoms with Crippen molar-refractivity contribution in [2.75, 3.05) is 0 Å². The molecule has 0 amide bonds. The van der Waals surface area contributed by atoms with Crippen LogP contribution in [0.1, 0.15) is 0 Å². The number of rotatable bonds is 6. The topological polar surface area (TPSA) is 77.6 Å². The monoisotopic (exact) mass is 735 g/mol. The second-order valence-corrected chi connectivity index (χ2v) is 14.7. The van der Waals surface area contributed by atoms with E-state index in [2.05, 4.69) is 91.0 Å². The molecule has 6 nitrogen and oxygen atoms in total. The SMILES string of the molecule is c1ccc(-c2cccc(-c3nc(-c4ccccc4)nc(-c4cccc5c4sc4cccc(-c6nc(-c7ccccc7)nc7c6oc6ccccc67)c45)n3)c2)cc1. The van der Waals surface area contributed by atoms with Gasteiger partial charge in [0.05, 0.1) is 0 Å². The number of fused-ring (bicyclic) bond motifs is 6. The predicted molar refractivity (Wildman–Crippen MR) is 228 cm³/mol. The molecule has 11 aromatic rings. The van der Waals surface area contributed by atoms with Crippen LogP contribution in [0.2, 0.25) is 0 Å². The second kappa shape index (κ2) is 13.2. The second-order valence-electron chi connectivity index (χ2n) is 13.6. The van der Waals surface area contributed by atoms with E-state index in [-0.39, 0.29) is 0 Å². The van der Waals surface area contributed by atoms with E-state index in [1.807, 2.05) is 84.9 Å². The van der Waals surface area contributed by atoms with E-state index in [0.717, 1.165) is 81.3 Å². The summed E-state index contributed by atoms with van der Waals surface area (Å²) >= 11 is 1.73. The van der Waals surface area contributed by atoms with E-state index >= 15 is 0 Å². The normalized spacial score (nSPS) is 11.6. The number of aromatic nitrogens is 5. The Balaban J connectivity index is 1.13. The Labute approximate surface area is 325 Å². The molecular weight excluding hydrogens is 707 g/mol. The molecule has 56 heavy (non-hydrogen) atoms. The number of hydrogen-bond acceptors (Lipinski definition) is 7. The van der Waals surface area contributed by atoms with Crippen LogP contribution in [0.5, 0.6) is 0 Å². The molecule has 0 unspecified atom stereocenters. The highest BCUT2D eigenvalue weighted by atomic mass is 32.1. The maximum Gasteiger partial charge on any atom is 0.180 e. The molecule has 7 aromatic carbocycles. The highest BCUT2D eigenvalue weighted by Gasteiger charge is 2.23. The summed E-state index contributed by atoms with van der Waals surface area (Å²) in [5, 5.41) is 3.15. The summed E-state index contributed by atoms with van der Waals surface area (Å²) in [6, 6.07) is 59.9. The number of hydrogen-bond donors (Lipinski definition) is 0. The van der Waals surface area contributed by atoms with Crippen molar-refractivity contribution in [3.8, 4) is 67.9 Å². The molecule has 0 saturated heterocycles. The number of nitrogens with zero attached hydrogens (tertiary/aromatic N) is 5. The summed E-state index contributed by atoms with van der Waals surface area (Å²) in [4.78, 5) is 25.7. The molecule has 0 radical (unpaired) electrons. The lowest BCUT2D eigenvalue weighted by Gasteiger charge is -2.10. The molecule has 0 fully saturated rings. The molecule has 0 aliphatic carbocycles. The smallest absolute Gasteiger partial charge is 0.180 e. The van der Waals surface area contributed by atoms with Crippen molar-refractivity contribution in [2.24, 2.45) is 0 Å². The van der Waals surface area contributed by atoms with Gasteiger partial charge in [-0.3, -0.25) is 0 Å². The Hall–Kier alpha value is -7.35. The summed E-state index contributed by atoms with van der Waals surface area (Å²) in [6.07, 6.45) is 0. The van der Waals surface area contributed by atoms with Gasteiger partial charge < -0.3 is 4.42 Å². The average Bonchev–Trinajstić information content (AvgIpc) is 3.86. The van der Waals surface area contributed by atoms with Gasteiger partial charge in [-0.15, -0.1) is 11.3 Å². The molecular formula is C49H29N5OS. The summed E-state index contributed by atoms with van der Waals surface area (Å²) in [7, 11) is 0. The summed E-state index contributed by atoms with van der Waals surface area (Å²) in [6.45, 7) is 0. The Morgan fingerprint density at radius 2 is 0.946 bits per heavy atom. The zero-order valence-electron chi connectivity index (χ0n) is 29.8.